The molecule has 2 N–H and O–H groups in total. The molecule has 102 valence electrons. The summed E-state index contributed by atoms with van der Waals surface area (Å²) in [6, 6.07) is 9.96. The molecule has 0 amide bonds. The van der Waals surface area contributed by atoms with E-state index >= 15 is 0 Å². The van der Waals surface area contributed by atoms with Crippen LogP contribution in [0.5, 0.6) is 5.75 Å². The minimum Gasteiger partial charge on any atom is -0.482 e. The zero-order chi connectivity index (χ0) is 14.0. The molecule has 19 heavy (non-hydrogen) atoms. The van der Waals surface area contributed by atoms with Gasteiger partial charge >= 0.3 is 0 Å². The second-order valence-corrected chi connectivity index (χ2v) is 7.51. The molecule has 0 bridgehead atoms. The van der Waals surface area contributed by atoms with Gasteiger partial charge < -0.3 is 10.5 Å². The van der Waals surface area contributed by atoms with Crippen LogP contribution in [0.25, 0.3) is 0 Å². The lowest BCUT2D eigenvalue weighted by Crippen LogP contribution is -2.28. The smallest absolute Gasteiger partial charge is 0.148 e. The van der Waals surface area contributed by atoms with Crippen molar-refractivity contribution in [2.75, 3.05) is 0 Å². The monoisotopic (exact) mass is 403 g/mol. The van der Waals surface area contributed by atoms with Crippen LogP contribution in [0.1, 0.15) is 22.8 Å². The van der Waals surface area contributed by atoms with Gasteiger partial charge in [0.15, 0.2) is 0 Å². The molecule has 0 spiro atoms. The number of halogens is 2. The highest BCUT2D eigenvalue weighted by Gasteiger charge is 2.21. The maximum atomic E-state index is 6.08. The fourth-order valence-electron chi connectivity index (χ4n) is 1.74. The summed E-state index contributed by atoms with van der Waals surface area (Å²) in [5.74, 6) is 0.802. The number of benzene rings is 1. The SMILES string of the molecule is Cc1ccc(C(Oc2ccc(Br)cc2Br)C(C)N)s1. The summed E-state index contributed by atoms with van der Waals surface area (Å²) >= 11 is 8.66. The van der Waals surface area contributed by atoms with Crippen LogP contribution in [0.4, 0.5) is 0 Å². The number of aryl methyl sites for hydroxylation is 1. The van der Waals surface area contributed by atoms with Crippen LogP contribution in [0.3, 0.4) is 0 Å². The van der Waals surface area contributed by atoms with Crippen molar-refractivity contribution in [3.63, 3.8) is 0 Å². The number of hydrogen-bond acceptors (Lipinski definition) is 3. The first-order chi connectivity index (χ1) is 8.97. The van der Waals surface area contributed by atoms with Crippen molar-refractivity contribution in [3.05, 3.63) is 49.0 Å². The topological polar surface area (TPSA) is 35.2 Å². The van der Waals surface area contributed by atoms with Crippen molar-refractivity contribution < 1.29 is 4.74 Å². The van der Waals surface area contributed by atoms with E-state index in [2.05, 4.69) is 50.9 Å². The minimum atomic E-state index is -0.129. The fourth-order valence-corrected chi connectivity index (χ4v) is 3.90. The van der Waals surface area contributed by atoms with Crippen LogP contribution in [0, 0.1) is 6.92 Å². The summed E-state index contributed by atoms with van der Waals surface area (Å²) in [6.07, 6.45) is -0.129. The van der Waals surface area contributed by atoms with Crippen LogP contribution >= 0.6 is 43.2 Å². The Labute approximate surface area is 134 Å². The van der Waals surface area contributed by atoms with Gasteiger partial charge in [-0.25, -0.2) is 0 Å². The predicted molar refractivity (Wildman–Crippen MR) is 87.9 cm³/mol. The molecule has 0 aliphatic carbocycles. The van der Waals surface area contributed by atoms with Crippen LogP contribution in [0.15, 0.2) is 39.3 Å². The summed E-state index contributed by atoms with van der Waals surface area (Å²) in [5.41, 5.74) is 6.06. The standard InChI is InChI=1S/C14H15Br2NOS/c1-8-3-6-13(19-8)14(9(2)17)18-12-5-4-10(15)7-11(12)16/h3-7,9,14H,17H2,1-2H3. The highest BCUT2D eigenvalue weighted by molar-refractivity contribution is 9.11. The third-order valence-corrected chi connectivity index (χ3v) is 4.84. The van der Waals surface area contributed by atoms with Gasteiger partial charge in [-0.2, -0.15) is 0 Å². The molecular weight excluding hydrogens is 390 g/mol. The largest absolute Gasteiger partial charge is 0.482 e. The maximum Gasteiger partial charge on any atom is 0.148 e. The van der Waals surface area contributed by atoms with E-state index in [0.29, 0.717) is 0 Å². The Morgan fingerprint density at radius 1 is 1.21 bits per heavy atom. The average Bonchev–Trinajstić information content (AvgIpc) is 2.74. The van der Waals surface area contributed by atoms with Crippen molar-refractivity contribution in [3.8, 4) is 5.75 Å². The maximum absolute atomic E-state index is 6.08. The summed E-state index contributed by atoms with van der Waals surface area (Å²) < 4.78 is 8.01. The Kier molecular flexibility index (Phi) is 5.06. The second kappa shape index (κ2) is 6.39. The van der Waals surface area contributed by atoms with Crippen molar-refractivity contribution in [2.45, 2.75) is 26.0 Å². The molecule has 0 radical (unpaired) electrons. The molecule has 0 aliphatic heterocycles. The van der Waals surface area contributed by atoms with E-state index in [1.807, 2.05) is 25.1 Å². The van der Waals surface area contributed by atoms with Gasteiger partial charge in [0.25, 0.3) is 0 Å². The molecule has 2 atom stereocenters. The zero-order valence-corrected chi connectivity index (χ0v) is 14.7. The Morgan fingerprint density at radius 2 is 1.95 bits per heavy atom. The van der Waals surface area contributed by atoms with E-state index in [4.69, 9.17) is 10.5 Å². The summed E-state index contributed by atoms with van der Waals surface area (Å²) in [4.78, 5) is 2.42. The average molecular weight is 405 g/mol. The van der Waals surface area contributed by atoms with Crippen molar-refractivity contribution in [1.29, 1.82) is 0 Å². The predicted octanol–water partition coefficient (Wildman–Crippen LogP) is 5.05. The van der Waals surface area contributed by atoms with Gasteiger partial charge in [-0.1, -0.05) is 15.9 Å². The normalized spacial score (nSPS) is 14.2. The molecule has 0 saturated heterocycles. The number of rotatable bonds is 4. The lowest BCUT2D eigenvalue weighted by molar-refractivity contribution is 0.183. The van der Waals surface area contributed by atoms with E-state index in [0.717, 1.165) is 19.6 Å². The Bertz CT molecular complexity index is 568. The first-order valence-electron chi connectivity index (χ1n) is 5.91. The van der Waals surface area contributed by atoms with Gasteiger partial charge in [0.05, 0.1) is 4.47 Å². The number of thiophene rings is 1. The molecule has 0 aliphatic rings. The molecule has 2 nitrogen and oxygen atoms in total. The third-order valence-electron chi connectivity index (χ3n) is 2.67. The molecule has 1 aromatic heterocycles. The summed E-state index contributed by atoms with van der Waals surface area (Å²) in [6.45, 7) is 4.05. The van der Waals surface area contributed by atoms with E-state index in [9.17, 15) is 0 Å². The van der Waals surface area contributed by atoms with Crippen LogP contribution in [0.2, 0.25) is 0 Å². The second-order valence-electron chi connectivity index (χ2n) is 4.42. The third kappa shape index (κ3) is 3.81. The summed E-state index contributed by atoms with van der Waals surface area (Å²) in [7, 11) is 0. The molecule has 1 aromatic carbocycles. The fraction of sp³-hybridized carbons (Fsp3) is 0.286. The van der Waals surface area contributed by atoms with Crippen molar-refractivity contribution >= 4 is 43.2 Å². The van der Waals surface area contributed by atoms with Crippen molar-refractivity contribution in [2.24, 2.45) is 5.73 Å². The zero-order valence-electron chi connectivity index (χ0n) is 10.7. The number of nitrogens with two attached hydrogens (primary N) is 1. The van der Waals surface area contributed by atoms with E-state index in [1.165, 1.54) is 4.88 Å². The van der Waals surface area contributed by atoms with Gasteiger partial charge in [0.2, 0.25) is 0 Å². The number of hydrogen-bond donors (Lipinski definition) is 1. The summed E-state index contributed by atoms with van der Waals surface area (Å²) in [5, 5.41) is 0. The highest BCUT2D eigenvalue weighted by Crippen LogP contribution is 2.34. The minimum absolute atomic E-state index is 0.0754. The van der Waals surface area contributed by atoms with E-state index in [-0.39, 0.29) is 12.1 Å². The lowest BCUT2D eigenvalue weighted by atomic mass is 10.1. The van der Waals surface area contributed by atoms with Crippen LogP contribution < -0.4 is 10.5 Å². The molecule has 0 saturated carbocycles. The van der Waals surface area contributed by atoms with Gasteiger partial charge in [-0.3, -0.25) is 0 Å². The molecule has 2 aromatic rings. The lowest BCUT2D eigenvalue weighted by Gasteiger charge is -2.22. The molecule has 0 fully saturated rings. The van der Waals surface area contributed by atoms with E-state index < -0.39 is 0 Å². The molecule has 5 heteroatoms. The quantitative estimate of drug-likeness (QED) is 0.773. The highest BCUT2D eigenvalue weighted by atomic mass is 79.9. The van der Waals surface area contributed by atoms with Gasteiger partial charge in [-0.05, 0) is 60.1 Å². The van der Waals surface area contributed by atoms with Gasteiger partial charge in [-0.15, -0.1) is 11.3 Å². The van der Waals surface area contributed by atoms with Gasteiger partial charge in [0, 0.05) is 20.3 Å². The van der Waals surface area contributed by atoms with Crippen molar-refractivity contribution in [1.82, 2.24) is 0 Å². The molecule has 2 rings (SSSR count). The molecule has 1 heterocycles. The Hall–Kier alpha value is -0.360. The molecular formula is C14H15Br2NOS. The first-order valence-corrected chi connectivity index (χ1v) is 8.31. The Morgan fingerprint density at radius 3 is 2.47 bits per heavy atom. The van der Waals surface area contributed by atoms with Gasteiger partial charge in [0.1, 0.15) is 11.9 Å². The first kappa shape index (κ1) is 15.0. The molecule has 2 unspecified atom stereocenters. The van der Waals surface area contributed by atoms with Crippen LogP contribution in [-0.4, -0.2) is 6.04 Å². The van der Waals surface area contributed by atoms with E-state index in [1.54, 1.807) is 11.3 Å². The Balaban J connectivity index is 2.26. The number of ether oxygens (including phenoxy) is 1. The van der Waals surface area contributed by atoms with Crippen LogP contribution in [-0.2, 0) is 0 Å².